The van der Waals surface area contributed by atoms with Gasteiger partial charge in [-0.15, -0.1) is 6.42 Å². The van der Waals surface area contributed by atoms with Crippen molar-refractivity contribution in [3.05, 3.63) is 0 Å². The summed E-state index contributed by atoms with van der Waals surface area (Å²) in [4.78, 5) is 11.3. The zero-order valence-electron chi connectivity index (χ0n) is 9.81. The highest BCUT2D eigenvalue weighted by Gasteiger charge is 2.05. The summed E-state index contributed by atoms with van der Waals surface area (Å²) in [6.45, 7) is 5.25. The van der Waals surface area contributed by atoms with Gasteiger partial charge in [0.15, 0.2) is 0 Å². The van der Waals surface area contributed by atoms with Gasteiger partial charge in [0.1, 0.15) is 0 Å². The molecule has 0 spiro atoms. The molecule has 86 valence electrons. The van der Waals surface area contributed by atoms with Crippen LogP contribution in [0.4, 0.5) is 0 Å². The van der Waals surface area contributed by atoms with E-state index in [0.717, 1.165) is 32.2 Å². The fraction of sp³-hybridized carbons (Fsp3) is 0.750. The number of rotatable bonds is 8. The fourth-order valence-electron chi connectivity index (χ4n) is 1.22. The maximum absolute atomic E-state index is 11.3. The molecule has 2 N–H and O–H groups in total. The average molecular weight is 210 g/mol. The normalized spacial score (nSPS) is 11.8. The van der Waals surface area contributed by atoms with Crippen molar-refractivity contribution in [2.45, 2.75) is 45.6 Å². The van der Waals surface area contributed by atoms with Crippen LogP contribution in [0.2, 0.25) is 0 Å². The number of terminal acetylenes is 1. The van der Waals surface area contributed by atoms with E-state index in [-0.39, 0.29) is 11.9 Å². The second kappa shape index (κ2) is 9.54. The monoisotopic (exact) mass is 210 g/mol. The molecule has 1 unspecified atom stereocenters. The lowest BCUT2D eigenvalue weighted by atomic mass is 10.2. The average Bonchev–Trinajstić information content (AvgIpc) is 2.24. The van der Waals surface area contributed by atoms with Gasteiger partial charge in [0.2, 0.25) is 5.91 Å². The summed E-state index contributed by atoms with van der Waals surface area (Å²) in [5.74, 6) is 2.66. The van der Waals surface area contributed by atoms with Crippen molar-refractivity contribution in [3.8, 4) is 12.3 Å². The Morgan fingerprint density at radius 3 is 2.67 bits per heavy atom. The van der Waals surface area contributed by atoms with E-state index in [1.54, 1.807) is 0 Å². The number of nitrogens with one attached hydrogen (secondary N) is 2. The van der Waals surface area contributed by atoms with E-state index in [9.17, 15) is 4.79 Å². The first kappa shape index (κ1) is 14.0. The van der Waals surface area contributed by atoms with E-state index >= 15 is 0 Å². The van der Waals surface area contributed by atoms with E-state index in [1.165, 1.54) is 0 Å². The first-order chi connectivity index (χ1) is 7.24. The Bertz CT molecular complexity index is 208. The Morgan fingerprint density at radius 1 is 1.40 bits per heavy atom. The van der Waals surface area contributed by atoms with Crippen LogP contribution in [0.15, 0.2) is 0 Å². The quantitative estimate of drug-likeness (QED) is 0.468. The van der Waals surface area contributed by atoms with E-state index in [4.69, 9.17) is 6.42 Å². The van der Waals surface area contributed by atoms with Crippen molar-refractivity contribution in [2.24, 2.45) is 0 Å². The molecule has 3 heteroatoms. The Labute approximate surface area is 93.0 Å². The van der Waals surface area contributed by atoms with Gasteiger partial charge in [0.25, 0.3) is 0 Å². The molecule has 0 aromatic heterocycles. The molecule has 0 aromatic carbocycles. The van der Waals surface area contributed by atoms with Crippen LogP contribution in [0.25, 0.3) is 0 Å². The van der Waals surface area contributed by atoms with Crippen molar-refractivity contribution in [2.75, 3.05) is 13.1 Å². The van der Waals surface area contributed by atoms with Crippen LogP contribution in [-0.4, -0.2) is 25.0 Å². The summed E-state index contributed by atoms with van der Waals surface area (Å²) in [7, 11) is 0. The Balaban J connectivity index is 3.56. The third-order valence-corrected chi connectivity index (χ3v) is 2.14. The van der Waals surface area contributed by atoms with Crippen LogP contribution in [0.5, 0.6) is 0 Å². The lowest BCUT2D eigenvalue weighted by Crippen LogP contribution is -2.38. The topological polar surface area (TPSA) is 41.1 Å². The van der Waals surface area contributed by atoms with Crippen LogP contribution >= 0.6 is 0 Å². The second-order valence-corrected chi connectivity index (χ2v) is 3.59. The minimum Gasteiger partial charge on any atom is -0.355 e. The van der Waals surface area contributed by atoms with Crippen LogP contribution in [0.3, 0.4) is 0 Å². The Kier molecular flexibility index (Phi) is 8.90. The number of unbranched alkanes of at least 4 members (excludes halogenated alkanes) is 1. The summed E-state index contributed by atoms with van der Waals surface area (Å²) in [5.41, 5.74) is 0. The smallest absolute Gasteiger partial charge is 0.233 e. The molecular weight excluding hydrogens is 188 g/mol. The van der Waals surface area contributed by atoms with Gasteiger partial charge in [-0.05, 0) is 12.8 Å². The second-order valence-electron chi connectivity index (χ2n) is 3.59. The number of carbonyl (C=O) groups excluding carboxylic acids is 1. The number of carbonyl (C=O) groups is 1. The number of hydrogen-bond donors (Lipinski definition) is 2. The van der Waals surface area contributed by atoms with E-state index in [2.05, 4.69) is 30.4 Å². The predicted molar refractivity (Wildman–Crippen MR) is 63.4 cm³/mol. The molecule has 0 saturated heterocycles. The van der Waals surface area contributed by atoms with Crippen LogP contribution in [-0.2, 0) is 4.79 Å². The molecule has 0 aliphatic rings. The van der Waals surface area contributed by atoms with Gasteiger partial charge in [-0.3, -0.25) is 10.1 Å². The highest BCUT2D eigenvalue weighted by atomic mass is 16.1. The summed E-state index contributed by atoms with van der Waals surface area (Å²) >= 11 is 0. The molecule has 1 atom stereocenters. The zero-order valence-corrected chi connectivity index (χ0v) is 9.81. The fourth-order valence-corrected chi connectivity index (χ4v) is 1.22. The highest BCUT2D eigenvalue weighted by Crippen LogP contribution is 1.93. The van der Waals surface area contributed by atoms with Crippen molar-refractivity contribution < 1.29 is 4.79 Å². The molecule has 0 fully saturated rings. The maximum Gasteiger partial charge on any atom is 0.233 e. The van der Waals surface area contributed by atoms with Crippen molar-refractivity contribution in [1.29, 1.82) is 0 Å². The highest BCUT2D eigenvalue weighted by molar-refractivity contribution is 5.78. The van der Waals surface area contributed by atoms with Gasteiger partial charge in [0, 0.05) is 6.54 Å². The van der Waals surface area contributed by atoms with Gasteiger partial charge in [-0.25, -0.2) is 0 Å². The molecule has 0 aliphatic heterocycles. The molecule has 0 radical (unpaired) electrons. The lowest BCUT2D eigenvalue weighted by Gasteiger charge is -2.11. The summed E-state index contributed by atoms with van der Waals surface area (Å²) < 4.78 is 0. The van der Waals surface area contributed by atoms with Gasteiger partial charge in [0.05, 0.1) is 12.6 Å². The molecule has 0 heterocycles. The molecule has 0 aliphatic carbocycles. The summed E-state index contributed by atoms with van der Waals surface area (Å²) in [5, 5.41) is 5.88. The minimum atomic E-state index is 0.0203. The lowest BCUT2D eigenvalue weighted by molar-refractivity contribution is -0.120. The maximum atomic E-state index is 11.3. The SMILES string of the molecule is C#CC(CCC)NCC(=O)NCCCC. The molecule has 0 rings (SSSR count). The molecule has 1 amide bonds. The Morgan fingerprint density at radius 2 is 2.13 bits per heavy atom. The van der Waals surface area contributed by atoms with Crippen molar-refractivity contribution in [1.82, 2.24) is 10.6 Å². The van der Waals surface area contributed by atoms with Crippen LogP contribution in [0, 0.1) is 12.3 Å². The predicted octanol–water partition coefficient (Wildman–Crippen LogP) is 1.29. The molecule has 0 aromatic rings. The van der Waals surface area contributed by atoms with Gasteiger partial charge >= 0.3 is 0 Å². The van der Waals surface area contributed by atoms with Crippen LogP contribution in [0.1, 0.15) is 39.5 Å². The molecule has 0 saturated carbocycles. The largest absolute Gasteiger partial charge is 0.355 e. The molecule has 0 bridgehead atoms. The minimum absolute atomic E-state index is 0.0203. The first-order valence-electron chi connectivity index (χ1n) is 5.70. The van der Waals surface area contributed by atoms with E-state index < -0.39 is 0 Å². The first-order valence-corrected chi connectivity index (χ1v) is 5.70. The summed E-state index contributed by atoms with van der Waals surface area (Å²) in [6, 6.07) is 0.0203. The number of hydrogen-bond acceptors (Lipinski definition) is 2. The van der Waals surface area contributed by atoms with E-state index in [0.29, 0.717) is 6.54 Å². The third kappa shape index (κ3) is 8.02. The van der Waals surface area contributed by atoms with Gasteiger partial charge < -0.3 is 5.32 Å². The van der Waals surface area contributed by atoms with Crippen LogP contribution < -0.4 is 10.6 Å². The third-order valence-electron chi connectivity index (χ3n) is 2.14. The van der Waals surface area contributed by atoms with Gasteiger partial charge in [-0.2, -0.15) is 0 Å². The van der Waals surface area contributed by atoms with Crippen molar-refractivity contribution in [3.63, 3.8) is 0 Å². The number of amides is 1. The Hall–Kier alpha value is -1.01. The summed E-state index contributed by atoms with van der Waals surface area (Å²) in [6.07, 6.45) is 9.39. The zero-order chi connectivity index (χ0) is 11.5. The van der Waals surface area contributed by atoms with Crippen molar-refractivity contribution >= 4 is 5.91 Å². The standard InChI is InChI=1S/C12H22N2O/c1-4-7-9-13-12(15)10-14-11(6-3)8-5-2/h3,11,14H,4-5,7-10H2,1-2H3,(H,13,15). The molecular formula is C12H22N2O. The van der Waals surface area contributed by atoms with E-state index in [1.807, 2.05) is 0 Å². The molecule has 15 heavy (non-hydrogen) atoms. The molecule has 3 nitrogen and oxygen atoms in total. The van der Waals surface area contributed by atoms with Gasteiger partial charge in [-0.1, -0.05) is 32.6 Å².